The summed E-state index contributed by atoms with van der Waals surface area (Å²) in [6.45, 7) is 0.397. The minimum absolute atomic E-state index is 0.0661. The number of ether oxygens (including phenoxy) is 2. The zero-order valence-corrected chi connectivity index (χ0v) is 16.9. The third-order valence-electron chi connectivity index (χ3n) is 6.10. The van der Waals surface area contributed by atoms with Gasteiger partial charge in [-0.05, 0) is 48.1 Å². The van der Waals surface area contributed by atoms with Gasteiger partial charge in [-0.1, -0.05) is 49.2 Å². The summed E-state index contributed by atoms with van der Waals surface area (Å²) < 4.78 is 11.7. The standard InChI is InChI=1S/C24H29NO4/c1-28-22-12-11-18-15-25(20(16-26)13-19(18)14-22)24(27)23(17-7-3-2-4-8-17)29-21-9-5-6-10-21/h2-4,7-8,11-12,14,20-21,23,26H,5-6,9-10,13,15-16H2,1H3/t20?,23-/m0/s1. The quantitative estimate of drug-likeness (QED) is 0.811. The second kappa shape index (κ2) is 8.97. The van der Waals surface area contributed by atoms with Crippen molar-refractivity contribution in [2.45, 2.75) is 56.9 Å². The average molecular weight is 395 g/mol. The minimum atomic E-state index is -0.631. The van der Waals surface area contributed by atoms with E-state index in [-0.39, 0.29) is 24.7 Å². The molecule has 4 rings (SSSR count). The molecule has 0 aromatic heterocycles. The molecular formula is C24H29NO4. The lowest BCUT2D eigenvalue weighted by molar-refractivity contribution is -0.153. The molecule has 0 saturated heterocycles. The molecule has 154 valence electrons. The number of nitrogens with zero attached hydrogens (tertiary/aromatic N) is 1. The van der Waals surface area contributed by atoms with Crippen LogP contribution in [0.3, 0.4) is 0 Å². The fourth-order valence-corrected chi connectivity index (χ4v) is 4.45. The molecule has 1 fully saturated rings. The third kappa shape index (κ3) is 4.31. The van der Waals surface area contributed by atoms with E-state index in [2.05, 4.69) is 0 Å². The molecule has 1 saturated carbocycles. The fraction of sp³-hybridized carbons (Fsp3) is 0.458. The van der Waals surface area contributed by atoms with E-state index < -0.39 is 6.10 Å². The van der Waals surface area contributed by atoms with Crippen molar-refractivity contribution in [3.8, 4) is 5.75 Å². The molecule has 0 radical (unpaired) electrons. The highest BCUT2D eigenvalue weighted by atomic mass is 16.5. The van der Waals surface area contributed by atoms with E-state index in [1.807, 2.05) is 48.5 Å². The second-order valence-electron chi connectivity index (χ2n) is 7.97. The maximum absolute atomic E-state index is 13.7. The van der Waals surface area contributed by atoms with E-state index >= 15 is 0 Å². The molecule has 1 unspecified atom stereocenters. The molecule has 0 spiro atoms. The maximum atomic E-state index is 13.7. The molecule has 5 nitrogen and oxygen atoms in total. The number of aliphatic hydroxyl groups excluding tert-OH is 1. The summed E-state index contributed by atoms with van der Waals surface area (Å²) in [5, 5.41) is 10.0. The summed E-state index contributed by atoms with van der Waals surface area (Å²) in [6.07, 6.45) is 4.41. The normalized spacial score (nSPS) is 20.3. The number of amides is 1. The van der Waals surface area contributed by atoms with Crippen LogP contribution in [0, 0.1) is 0 Å². The number of hydrogen-bond acceptors (Lipinski definition) is 4. The molecular weight excluding hydrogens is 366 g/mol. The Bertz CT molecular complexity index is 832. The number of methoxy groups -OCH3 is 1. The van der Waals surface area contributed by atoms with E-state index in [0.717, 1.165) is 48.1 Å². The summed E-state index contributed by atoms with van der Waals surface area (Å²) in [7, 11) is 1.65. The van der Waals surface area contributed by atoms with Crippen molar-refractivity contribution in [3.63, 3.8) is 0 Å². The van der Waals surface area contributed by atoms with E-state index in [1.165, 1.54) is 0 Å². The van der Waals surface area contributed by atoms with Crippen LogP contribution in [0.4, 0.5) is 0 Å². The van der Waals surface area contributed by atoms with Gasteiger partial charge in [0, 0.05) is 6.54 Å². The van der Waals surface area contributed by atoms with Gasteiger partial charge in [-0.2, -0.15) is 0 Å². The van der Waals surface area contributed by atoms with Gasteiger partial charge in [-0.3, -0.25) is 4.79 Å². The monoisotopic (exact) mass is 395 g/mol. The lowest BCUT2D eigenvalue weighted by Crippen LogP contribution is -2.48. The molecule has 5 heteroatoms. The average Bonchev–Trinajstić information content (AvgIpc) is 3.29. The molecule has 1 N–H and O–H groups in total. The van der Waals surface area contributed by atoms with Gasteiger partial charge in [-0.25, -0.2) is 0 Å². The van der Waals surface area contributed by atoms with Gasteiger partial charge in [0.25, 0.3) is 5.91 Å². The largest absolute Gasteiger partial charge is 0.497 e. The lowest BCUT2D eigenvalue weighted by atomic mass is 9.93. The first kappa shape index (κ1) is 19.9. The third-order valence-corrected chi connectivity index (χ3v) is 6.10. The van der Waals surface area contributed by atoms with Gasteiger partial charge in [0.1, 0.15) is 5.75 Å². The molecule has 2 aromatic carbocycles. The van der Waals surface area contributed by atoms with Crippen molar-refractivity contribution < 1.29 is 19.4 Å². The highest BCUT2D eigenvalue weighted by Crippen LogP contribution is 2.33. The molecule has 2 atom stereocenters. The van der Waals surface area contributed by atoms with Gasteiger partial charge < -0.3 is 19.5 Å². The van der Waals surface area contributed by atoms with Crippen LogP contribution in [0.15, 0.2) is 48.5 Å². The summed E-state index contributed by atoms with van der Waals surface area (Å²) in [4.78, 5) is 15.4. The van der Waals surface area contributed by atoms with Crippen molar-refractivity contribution in [2.75, 3.05) is 13.7 Å². The van der Waals surface area contributed by atoms with E-state index in [9.17, 15) is 9.90 Å². The van der Waals surface area contributed by atoms with Crippen LogP contribution < -0.4 is 4.74 Å². The van der Waals surface area contributed by atoms with E-state index in [4.69, 9.17) is 9.47 Å². The number of rotatable bonds is 6. The predicted molar refractivity (Wildman–Crippen MR) is 111 cm³/mol. The maximum Gasteiger partial charge on any atom is 0.256 e. The topological polar surface area (TPSA) is 59.0 Å². The number of aliphatic hydroxyl groups is 1. The Labute approximate surface area is 172 Å². The van der Waals surface area contributed by atoms with Gasteiger partial charge in [0.2, 0.25) is 0 Å². The van der Waals surface area contributed by atoms with Gasteiger partial charge in [0.05, 0.1) is 25.9 Å². The minimum Gasteiger partial charge on any atom is -0.497 e. The number of fused-ring (bicyclic) bond motifs is 1. The molecule has 2 aromatic rings. The summed E-state index contributed by atoms with van der Waals surface area (Å²) in [5.74, 6) is 0.732. The second-order valence-corrected chi connectivity index (χ2v) is 7.97. The van der Waals surface area contributed by atoms with Crippen LogP contribution >= 0.6 is 0 Å². The molecule has 0 bridgehead atoms. The molecule has 1 aliphatic heterocycles. The van der Waals surface area contributed by atoms with Crippen LogP contribution in [0.5, 0.6) is 5.75 Å². The van der Waals surface area contributed by atoms with Gasteiger partial charge in [-0.15, -0.1) is 0 Å². The highest BCUT2D eigenvalue weighted by Gasteiger charge is 2.36. The molecule has 1 aliphatic carbocycles. The first-order valence-electron chi connectivity index (χ1n) is 10.5. The Hall–Kier alpha value is -2.37. The first-order chi connectivity index (χ1) is 14.2. The van der Waals surface area contributed by atoms with Crippen molar-refractivity contribution in [1.29, 1.82) is 0 Å². The lowest BCUT2D eigenvalue weighted by Gasteiger charge is -2.38. The highest BCUT2D eigenvalue weighted by molar-refractivity contribution is 5.83. The van der Waals surface area contributed by atoms with E-state index in [0.29, 0.717) is 13.0 Å². The number of carbonyl (C=O) groups is 1. The van der Waals surface area contributed by atoms with Crippen LogP contribution in [-0.4, -0.2) is 41.8 Å². The Kier molecular flexibility index (Phi) is 6.16. The van der Waals surface area contributed by atoms with E-state index in [1.54, 1.807) is 12.0 Å². The first-order valence-corrected chi connectivity index (χ1v) is 10.5. The van der Waals surface area contributed by atoms with Crippen LogP contribution in [0.25, 0.3) is 0 Å². The van der Waals surface area contributed by atoms with Crippen molar-refractivity contribution in [1.82, 2.24) is 4.90 Å². The smallest absolute Gasteiger partial charge is 0.256 e. The predicted octanol–water partition coefficient (Wildman–Crippen LogP) is 3.64. The van der Waals surface area contributed by atoms with Crippen LogP contribution in [0.2, 0.25) is 0 Å². The number of carbonyl (C=O) groups excluding carboxylic acids is 1. The fourth-order valence-electron chi connectivity index (χ4n) is 4.45. The zero-order chi connectivity index (χ0) is 20.2. The molecule has 1 amide bonds. The van der Waals surface area contributed by atoms with Crippen molar-refractivity contribution >= 4 is 5.91 Å². The molecule has 2 aliphatic rings. The Morgan fingerprint density at radius 2 is 1.90 bits per heavy atom. The number of hydrogen-bond donors (Lipinski definition) is 1. The zero-order valence-electron chi connectivity index (χ0n) is 16.9. The summed E-state index contributed by atoms with van der Waals surface area (Å²) in [6, 6.07) is 15.4. The van der Waals surface area contributed by atoms with Gasteiger partial charge in [0.15, 0.2) is 6.10 Å². The SMILES string of the molecule is COc1ccc2c(c1)CC(CO)N(C(=O)[C@@H](OC1CCCC1)c1ccccc1)C2. The van der Waals surface area contributed by atoms with Crippen LogP contribution in [-0.2, 0) is 22.5 Å². The summed E-state index contributed by atoms with van der Waals surface area (Å²) >= 11 is 0. The number of benzene rings is 2. The van der Waals surface area contributed by atoms with Crippen LogP contribution in [0.1, 0.15) is 48.5 Å². The Morgan fingerprint density at radius 3 is 2.59 bits per heavy atom. The van der Waals surface area contributed by atoms with Crippen molar-refractivity contribution in [3.05, 3.63) is 65.2 Å². The van der Waals surface area contributed by atoms with Gasteiger partial charge >= 0.3 is 0 Å². The Morgan fingerprint density at radius 1 is 1.14 bits per heavy atom. The van der Waals surface area contributed by atoms with Crippen molar-refractivity contribution in [2.24, 2.45) is 0 Å². The Balaban J connectivity index is 1.61. The molecule has 1 heterocycles. The molecule has 29 heavy (non-hydrogen) atoms. The summed E-state index contributed by atoms with van der Waals surface area (Å²) in [5.41, 5.74) is 3.10.